The van der Waals surface area contributed by atoms with E-state index in [0.29, 0.717) is 23.5 Å². The Hall–Kier alpha value is -2.38. The van der Waals surface area contributed by atoms with Gasteiger partial charge in [0, 0.05) is 24.2 Å². The highest BCUT2D eigenvalue weighted by atomic mass is 32.2. The van der Waals surface area contributed by atoms with Crippen molar-refractivity contribution in [3.63, 3.8) is 0 Å². The molecule has 0 radical (unpaired) electrons. The van der Waals surface area contributed by atoms with E-state index in [9.17, 15) is 4.79 Å². The Bertz CT molecular complexity index is 965. The van der Waals surface area contributed by atoms with Crippen LogP contribution in [0.3, 0.4) is 0 Å². The average Bonchev–Trinajstić information content (AvgIpc) is 3.19. The van der Waals surface area contributed by atoms with Crippen molar-refractivity contribution in [2.24, 2.45) is 0 Å². The SMILES string of the molecule is CSc1ccc(-c2ccnc3nc(NCC4CCCO4)[nH]c(=O)c23)cc1. The van der Waals surface area contributed by atoms with Gasteiger partial charge in [0.15, 0.2) is 5.65 Å². The summed E-state index contributed by atoms with van der Waals surface area (Å²) in [5.41, 5.74) is 2.06. The number of aromatic nitrogens is 3. The van der Waals surface area contributed by atoms with Crippen molar-refractivity contribution >= 4 is 28.7 Å². The van der Waals surface area contributed by atoms with Gasteiger partial charge in [0.1, 0.15) is 0 Å². The van der Waals surface area contributed by atoms with Crippen molar-refractivity contribution in [1.29, 1.82) is 0 Å². The van der Waals surface area contributed by atoms with Crippen LogP contribution in [-0.2, 0) is 4.74 Å². The lowest BCUT2D eigenvalue weighted by molar-refractivity contribution is 0.120. The number of hydrogen-bond acceptors (Lipinski definition) is 6. The summed E-state index contributed by atoms with van der Waals surface area (Å²) in [6, 6.07) is 9.98. The first-order valence-corrected chi connectivity index (χ1v) is 9.86. The molecule has 2 aromatic heterocycles. The minimum Gasteiger partial charge on any atom is -0.376 e. The maximum absolute atomic E-state index is 12.7. The zero-order valence-corrected chi connectivity index (χ0v) is 15.3. The molecule has 2 N–H and O–H groups in total. The minimum atomic E-state index is -0.193. The van der Waals surface area contributed by atoms with Crippen LogP contribution < -0.4 is 10.9 Å². The molecule has 1 unspecified atom stereocenters. The van der Waals surface area contributed by atoms with Gasteiger partial charge in [0.25, 0.3) is 5.56 Å². The van der Waals surface area contributed by atoms with Crippen molar-refractivity contribution in [3.05, 3.63) is 46.9 Å². The maximum atomic E-state index is 12.7. The lowest BCUT2D eigenvalue weighted by Crippen LogP contribution is -2.22. The van der Waals surface area contributed by atoms with Gasteiger partial charge in [0.2, 0.25) is 5.95 Å². The van der Waals surface area contributed by atoms with E-state index in [-0.39, 0.29) is 11.7 Å². The van der Waals surface area contributed by atoms with Crippen molar-refractivity contribution in [2.45, 2.75) is 23.8 Å². The second kappa shape index (κ2) is 7.47. The molecule has 0 amide bonds. The Morgan fingerprint density at radius 3 is 2.88 bits per heavy atom. The van der Waals surface area contributed by atoms with E-state index in [1.165, 1.54) is 4.90 Å². The van der Waals surface area contributed by atoms with Crippen LogP contribution in [0.25, 0.3) is 22.2 Å². The number of pyridine rings is 1. The second-order valence-electron chi connectivity index (χ2n) is 6.22. The average molecular weight is 368 g/mol. The number of fused-ring (bicyclic) bond motifs is 1. The number of thioether (sulfide) groups is 1. The standard InChI is InChI=1S/C19H20N4O2S/c1-26-14-6-4-12(5-7-14)15-8-9-20-17-16(15)18(24)23-19(22-17)21-11-13-3-2-10-25-13/h4-9,13H,2-3,10-11H2,1H3,(H2,20,21,22,23,24). The predicted molar refractivity (Wildman–Crippen MR) is 105 cm³/mol. The van der Waals surface area contributed by atoms with Gasteiger partial charge >= 0.3 is 0 Å². The number of ether oxygens (including phenoxy) is 1. The van der Waals surface area contributed by atoms with Gasteiger partial charge in [-0.3, -0.25) is 9.78 Å². The zero-order valence-electron chi connectivity index (χ0n) is 14.5. The molecule has 1 atom stereocenters. The smallest absolute Gasteiger partial charge is 0.262 e. The Labute approximate surface area is 155 Å². The number of hydrogen-bond donors (Lipinski definition) is 2. The number of aromatic amines is 1. The Kier molecular flexibility index (Phi) is 4.90. The van der Waals surface area contributed by atoms with Gasteiger partial charge in [0.05, 0.1) is 11.5 Å². The molecule has 3 aromatic rings. The highest BCUT2D eigenvalue weighted by Gasteiger charge is 2.16. The quantitative estimate of drug-likeness (QED) is 0.673. The molecule has 0 spiro atoms. The minimum absolute atomic E-state index is 0.172. The highest BCUT2D eigenvalue weighted by molar-refractivity contribution is 7.98. The van der Waals surface area contributed by atoms with E-state index < -0.39 is 0 Å². The summed E-state index contributed by atoms with van der Waals surface area (Å²) in [5.74, 6) is 0.431. The molecule has 26 heavy (non-hydrogen) atoms. The van der Waals surface area contributed by atoms with Crippen LogP contribution in [-0.4, -0.2) is 40.5 Å². The topological polar surface area (TPSA) is 79.9 Å². The van der Waals surface area contributed by atoms with E-state index in [2.05, 4.69) is 20.3 Å². The molecule has 4 rings (SSSR count). The molecule has 1 aliphatic rings. The lowest BCUT2D eigenvalue weighted by atomic mass is 10.0. The van der Waals surface area contributed by atoms with E-state index in [1.807, 2.05) is 36.6 Å². The van der Waals surface area contributed by atoms with Gasteiger partial charge in [-0.2, -0.15) is 4.98 Å². The van der Waals surface area contributed by atoms with Crippen molar-refractivity contribution < 1.29 is 4.74 Å². The van der Waals surface area contributed by atoms with Crippen LogP contribution in [0, 0.1) is 0 Å². The van der Waals surface area contributed by atoms with Crippen LogP contribution in [0.15, 0.2) is 46.2 Å². The molecule has 1 fully saturated rings. The Balaban J connectivity index is 1.68. The second-order valence-corrected chi connectivity index (χ2v) is 7.10. The van der Waals surface area contributed by atoms with Gasteiger partial charge in [-0.15, -0.1) is 11.8 Å². The van der Waals surface area contributed by atoms with Gasteiger partial charge in [-0.1, -0.05) is 12.1 Å². The van der Waals surface area contributed by atoms with Crippen LogP contribution in [0.2, 0.25) is 0 Å². The fourth-order valence-corrected chi connectivity index (χ4v) is 3.58. The largest absolute Gasteiger partial charge is 0.376 e. The Morgan fingerprint density at radius 1 is 1.31 bits per heavy atom. The third kappa shape index (κ3) is 3.45. The predicted octanol–water partition coefficient (Wildman–Crippen LogP) is 3.30. The van der Waals surface area contributed by atoms with Crippen molar-refractivity contribution in [3.8, 4) is 11.1 Å². The summed E-state index contributed by atoms with van der Waals surface area (Å²) in [5, 5.41) is 3.67. The molecule has 0 aliphatic carbocycles. The maximum Gasteiger partial charge on any atom is 0.262 e. The summed E-state index contributed by atoms with van der Waals surface area (Å²) in [7, 11) is 0. The van der Waals surface area contributed by atoms with Crippen LogP contribution >= 0.6 is 11.8 Å². The molecule has 3 heterocycles. The number of nitrogens with zero attached hydrogens (tertiary/aromatic N) is 2. The normalized spacial score (nSPS) is 16.9. The summed E-state index contributed by atoms with van der Waals surface area (Å²) in [6.45, 7) is 1.43. The third-order valence-electron chi connectivity index (χ3n) is 4.53. The number of H-pyrrole nitrogens is 1. The molecule has 1 saturated heterocycles. The van der Waals surface area contributed by atoms with Gasteiger partial charge in [-0.25, -0.2) is 4.98 Å². The fraction of sp³-hybridized carbons (Fsp3) is 0.316. The van der Waals surface area contributed by atoms with Crippen LogP contribution in [0.4, 0.5) is 5.95 Å². The fourth-order valence-electron chi connectivity index (χ4n) is 3.17. The molecule has 0 bridgehead atoms. The molecule has 134 valence electrons. The monoisotopic (exact) mass is 368 g/mol. The summed E-state index contributed by atoms with van der Waals surface area (Å²) >= 11 is 1.69. The molecule has 6 nitrogen and oxygen atoms in total. The van der Waals surface area contributed by atoms with Crippen molar-refractivity contribution in [1.82, 2.24) is 15.0 Å². The lowest BCUT2D eigenvalue weighted by Gasteiger charge is -2.12. The van der Waals surface area contributed by atoms with Crippen molar-refractivity contribution in [2.75, 3.05) is 24.7 Å². The molecule has 7 heteroatoms. The highest BCUT2D eigenvalue weighted by Crippen LogP contribution is 2.26. The number of anilines is 1. The molecule has 1 aliphatic heterocycles. The first kappa shape index (κ1) is 17.1. The van der Waals surface area contributed by atoms with E-state index >= 15 is 0 Å². The summed E-state index contributed by atoms with van der Waals surface area (Å²) in [4.78, 5) is 25.5. The molecule has 1 aromatic carbocycles. The Morgan fingerprint density at radius 2 is 2.15 bits per heavy atom. The van der Waals surface area contributed by atoms with Crippen LogP contribution in [0.5, 0.6) is 0 Å². The first-order chi connectivity index (χ1) is 12.7. The first-order valence-electron chi connectivity index (χ1n) is 8.63. The zero-order chi connectivity index (χ0) is 17.9. The number of rotatable bonds is 5. The van der Waals surface area contributed by atoms with Gasteiger partial charge in [-0.05, 0) is 48.4 Å². The summed E-state index contributed by atoms with van der Waals surface area (Å²) in [6.07, 6.45) is 6.01. The number of benzene rings is 1. The van der Waals surface area contributed by atoms with E-state index in [0.717, 1.165) is 30.6 Å². The van der Waals surface area contributed by atoms with E-state index in [4.69, 9.17) is 4.74 Å². The molecule has 0 saturated carbocycles. The van der Waals surface area contributed by atoms with E-state index in [1.54, 1.807) is 18.0 Å². The summed E-state index contributed by atoms with van der Waals surface area (Å²) < 4.78 is 5.59. The third-order valence-corrected chi connectivity index (χ3v) is 5.27. The molecular weight excluding hydrogens is 348 g/mol. The van der Waals surface area contributed by atoms with Crippen LogP contribution in [0.1, 0.15) is 12.8 Å². The number of nitrogens with one attached hydrogen (secondary N) is 2. The molecular formula is C19H20N4O2S. The van der Waals surface area contributed by atoms with Gasteiger partial charge < -0.3 is 10.1 Å².